The Morgan fingerprint density at radius 3 is 2.60 bits per heavy atom. The van der Waals surface area contributed by atoms with Crippen molar-refractivity contribution in [1.82, 2.24) is 20.2 Å². The number of rotatable bonds is 14. The number of H-pyrrole nitrogens is 1. The number of aromatic nitrogens is 2. The normalized spacial score (nSPS) is 20.9. The van der Waals surface area contributed by atoms with E-state index in [1.54, 1.807) is 37.4 Å². The lowest BCUT2D eigenvalue weighted by molar-refractivity contribution is -0.166. The van der Waals surface area contributed by atoms with Crippen molar-refractivity contribution in [2.24, 2.45) is 5.92 Å². The van der Waals surface area contributed by atoms with E-state index in [1.807, 2.05) is 0 Å². The molecule has 5 rings (SSSR count). The van der Waals surface area contributed by atoms with Gasteiger partial charge in [-0.05, 0) is 36.4 Å². The summed E-state index contributed by atoms with van der Waals surface area (Å²) in [4.78, 5) is 59.1. The van der Waals surface area contributed by atoms with E-state index in [0.29, 0.717) is 57.8 Å². The number of thioether (sulfide) groups is 1. The van der Waals surface area contributed by atoms with Crippen LogP contribution in [0.25, 0.3) is 22.3 Å². The zero-order valence-corrected chi connectivity index (χ0v) is 26.3. The molecule has 3 N–H and O–H groups in total. The number of carboxylic acid groups (broad SMARTS) is 1. The van der Waals surface area contributed by atoms with E-state index in [0.717, 1.165) is 0 Å². The summed E-state index contributed by atoms with van der Waals surface area (Å²) in [6.07, 6.45) is 0. The molecule has 0 spiro atoms. The first-order valence-corrected chi connectivity index (χ1v) is 15.7. The minimum absolute atomic E-state index is 0.0557. The van der Waals surface area contributed by atoms with E-state index in [2.05, 4.69) is 15.3 Å². The first-order valence-electron chi connectivity index (χ1n) is 13.9. The third-order valence-electron chi connectivity index (χ3n) is 7.23. The van der Waals surface area contributed by atoms with Gasteiger partial charge in [-0.1, -0.05) is 23.2 Å². The summed E-state index contributed by atoms with van der Waals surface area (Å²) >= 11 is 13.7. The van der Waals surface area contributed by atoms with Gasteiger partial charge >= 0.3 is 5.97 Å². The SMILES string of the molecule is COCCOCCOCC(=O)N[C@@H]1C(=O)N2C(C(=O)O)C(COc3ccc(Cl)cc3-c3nc4ccc(Cl)cc4c(=O)[nH]3)CSC12. The summed E-state index contributed by atoms with van der Waals surface area (Å²) in [5, 5.41) is 13.3. The van der Waals surface area contributed by atoms with Crippen molar-refractivity contribution < 1.29 is 38.4 Å². The standard InChI is InChI=1S/C29H30Cl2N4O9S/c1-41-6-7-42-8-9-43-13-22(36)33-23-27(38)35-24(29(39)40)15(14-45-28(23)35)12-44-21-5-3-17(31)11-19(21)25-32-20-4-2-16(30)10-18(20)26(37)34-25/h2-5,10-11,15,23-24,28H,6-9,12-14H2,1H3,(H,33,36)(H,39,40)(H,32,34,37)/t15?,23-,24?,28?/m1/s1. The van der Waals surface area contributed by atoms with E-state index in [4.69, 9.17) is 42.1 Å². The number of aromatic amines is 1. The molecule has 45 heavy (non-hydrogen) atoms. The number of benzene rings is 2. The number of ether oxygens (including phenoxy) is 4. The molecule has 2 aliphatic heterocycles. The molecule has 0 saturated carbocycles. The summed E-state index contributed by atoms with van der Waals surface area (Å²) in [5.74, 6) is -1.87. The Morgan fingerprint density at radius 1 is 1.09 bits per heavy atom. The van der Waals surface area contributed by atoms with Crippen LogP contribution in [0, 0.1) is 5.92 Å². The van der Waals surface area contributed by atoms with Crippen molar-refractivity contribution >= 4 is 63.7 Å². The predicted molar refractivity (Wildman–Crippen MR) is 167 cm³/mol. The van der Waals surface area contributed by atoms with Crippen LogP contribution in [-0.4, -0.2) is 108 Å². The van der Waals surface area contributed by atoms with E-state index >= 15 is 0 Å². The lowest BCUT2D eigenvalue weighted by atomic mass is 9.94. The van der Waals surface area contributed by atoms with Crippen LogP contribution >= 0.6 is 35.0 Å². The second-order valence-corrected chi connectivity index (χ2v) is 12.3. The maximum Gasteiger partial charge on any atom is 0.326 e. The number of carboxylic acids is 1. The number of hydrogen-bond acceptors (Lipinski definition) is 10. The summed E-state index contributed by atoms with van der Waals surface area (Å²) in [7, 11) is 1.56. The van der Waals surface area contributed by atoms with Gasteiger partial charge in [0.25, 0.3) is 5.56 Å². The molecule has 1 aromatic heterocycles. The maximum atomic E-state index is 13.0. The molecule has 3 unspecified atom stereocenters. The molecule has 2 aromatic carbocycles. The van der Waals surface area contributed by atoms with Crippen LogP contribution < -0.4 is 15.6 Å². The van der Waals surface area contributed by atoms with Crippen LogP contribution in [0.15, 0.2) is 41.2 Å². The Labute approximate surface area is 271 Å². The number of hydrogen-bond donors (Lipinski definition) is 3. The van der Waals surface area contributed by atoms with E-state index in [1.165, 1.54) is 22.7 Å². The molecule has 2 saturated heterocycles. The van der Waals surface area contributed by atoms with Gasteiger partial charge in [0.2, 0.25) is 11.8 Å². The summed E-state index contributed by atoms with van der Waals surface area (Å²) in [6, 6.07) is 7.53. The molecule has 13 nitrogen and oxygen atoms in total. The van der Waals surface area contributed by atoms with E-state index < -0.39 is 46.7 Å². The fourth-order valence-electron chi connectivity index (χ4n) is 5.08. The van der Waals surface area contributed by atoms with E-state index in [9.17, 15) is 24.3 Å². The molecule has 3 aromatic rings. The quantitative estimate of drug-likeness (QED) is 0.169. The first kappa shape index (κ1) is 33.0. The van der Waals surface area contributed by atoms with Gasteiger partial charge in [0.1, 0.15) is 35.6 Å². The second-order valence-electron chi connectivity index (χ2n) is 10.2. The van der Waals surface area contributed by atoms with Gasteiger partial charge in [0.05, 0.1) is 49.5 Å². The zero-order valence-electron chi connectivity index (χ0n) is 24.0. The monoisotopic (exact) mass is 680 g/mol. The van der Waals surface area contributed by atoms with Crippen LogP contribution in [0.1, 0.15) is 0 Å². The highest BCUT2D eigenvalue weighted by molar-refractivity contribution is 8.00. The van der Waals surface area contributed by atoms with Crippen molar-refractivity contribution in [2.75, 3.05) is 52.5 Å². The van der Waals surface area contributed by atoms with Gasteiger partial charge in [0.15, 0.2) is 0 Å². The minimum atomic E-state index is -1.18. The Kier molecular flexibility index (Phi) is 10.8. The Hall–Kier alpha value is -3.40. The van der Waals surface area contributed by atoms with Crippen LogP contribution in [0.4, 0.5) is 0 Å². The first-order chi connectivity index (χ1) is 21.7. The van der Waals surface area contributed by atoms with Gasteiger partial charge in [-0.25, -0.2) is 9.78 Å². The topological polar surface area (TPSA) is 169 Å². The molecule has 3 heterocycles. The fraction of sp³-hybridized carbons (Fsp3) is 0.414. The summed E-state index contributed by atoms with van der Waals surface area (Å²) < 4.78 is 21.5. The lowest BCUT2D eigenvalue weighted by Gasteiger charge is -2.54. The number of carbonyl (C=O) groups excluding carboxylic acids is 2. The van der Waals surface area contributed by atoms with Crippen molar-refractivity contribution in [3.63, 3.8) is 0 Å². The van der Waals surface area contributed by atoms with Gasteiger partial charge in [-0.15, -0.1) is 11.8 Å². The number of β-lactam (4-membered cyclic amide) rings is 1. The third kappa shape index (κ3) is 7.54. The molecule has 0 radical (unpaired) electrons. The molecule has 240 valence electrons. The Balaban J connectivity index is 1.22. The number of nitrogens with one attached hydrogen (secondary N) is 2. The smallest absolute Gasteiger partial charge is 0.326 e. The van der Waals surface area contributed by atoms with Crippen LogP contribution in [-0.2, 0) is 28.6 Å². The predicted octanol–water partition coefficient (Wildman–Crippen LogP) is 2.42. The average Bonchev–Trinajstić information content (AvgIpc) is 3.02. The highest BCUT2D eigenvalue weighted by Crippen LogP contribution is 2.41. The minimum Gasteiger partial charge on any atom is -0.492 e. The molecule has 2 amide bonds. The van der Waals surface area contributed by atoms with Gasteiger partial charge < -0.3 is 39.3 Å². The molecule has 0 aliphatic carbocycles. The molecule has 2 aliphatic rings. The number of halogens is 2. The van der Waals surface area contributed by atoms with Crippen LogP contribution in [0.3, 0.4) is 0 Å². The number of aliphatic carboxylic acids is 1. The number of carbonyl (C=O) groups is 3. The summed E-state index contributed by atoms with van der Waals surface area (Å²) in [6.45, 7) is 1.03. The lowest BCUT2D eigenvalue weighted by Crippen LogP contribution is -2.76. The molecule has 4 atom stereocenters. The maximum absolute atomic E-state index is 13.0. The fourth-order valence-corrected chi connectivity index (χ4v) is 6.92. The number of fused-ring (bicyclic) bond motifs is 2. The van der Waals surface area contributed by atoms with Crippen molar-refractivity contribution in [3.8, 4) is 17.1 Å². The van der Waals surface area contributed by atoms with Gasteiger partial charge in [-0.2, -0.15) is 0 Å². The van der Waals surface area contributed by atoms with Gasteiger partial charge in [-0.3, -0.25) is 14.4 Å². The van der Waals surface area contributed by atoms with Crippen molar-refractivity contribution in [1.29, 1.82) is 0 Å². The Morgan fingerprint density at radius 2 is 1.82 bits per heavy atom. The van der Waals surface area contributed by atoms with E-state index in [-0.39, 0.29) is 25.6 Å². The largest absolute Gasteiger partial charge is 0.492 e. The third-order valence-corrected chi connectivity index (χ3v) is 9.16. The zero-order chi connectivity index (χ0) is 32.1. The van der Waals surface area contributed by atoms with Crippen molar-refractivity contribution in [2.45, 2.75) is 17.5 Å². The number of amides is 2. The Bertz CT molecular complexity index is 1640. The molecular weight excluding hydrogens is 651 g/mol. The molecule has 0 bridgehead atoms. The molecular formula is C29H30Cl2N4O9S. The average molecular weight is 682 g/mol. The number of methoxy groups -OCH3 is 1. The second kappa shape index (κ2) is 14.8. The number of nitrogens with zero attached hydrogens (tertiary/aromatic N) is 2. The van der Waals surface area contributed by atoms with Gasteiger partial charge in [0, 0.05) is 28.8 Å². The van der Waals surface area contributed by atoms with Crippen LogP contribution in [0.2, 0.25) is 10.0 Å². The highest BCUT2D eigenvalue weighted by atomic mass is 35.5. The molecule has 2 fully saturated rings. The van der Waals surface area contributed by atoms with Crippen molar-refractivity contribution in [3.05, 3.63) is 56.8 Å². The molecule has 16 heteroatoms. The summed E-state index contributed by atoms with van der Waals surface area (Å²) in [5.41, 5.74) is 0.415. The highest BCUT2D eigenvalue weighted by Gasteiger charge is 2.58. The van der Waals surface area contributed by atoms with Crippen LogP contribution in [0.5, 0.6) is 5.75 Å².